The first-order chi connectivity index (χ1) is 12.3. The van der Waals surface area contributed by atoms with Crippen LogP contribution in [-0.2, 0) is 10.0 Å². The number of nitro groups is 1. The summed E-state index contributed by atoms with van der Waals surface area (Å²) < 4.78 is 37.3. The van der Waals surface area contributed by atoms with Crippen molar-refractivity contribution in [2.45, 2.75) is 4.90 Å². The van der Waals surface area contributed by atoms with Gasteiger partial charge in [0.15, 0.2) is 0 Å². The highest BCUT2D eigenvalue weighted by atomic mass is 35.5. The zero-order chi connectivity index (χ0) is 19.1. The van der Waals surface area contributed by atoms with Crippen molar-refractivity contribution in [3.8, 4) is 11.5 Å². The fourth-order valence-corrected chi connectivity index (χ4v) is 4.10. The van der Waals surface area contributed by atoms with Crippen LogP contribution in [0.5, 0.6) is 11.5 Å². The number of hydrogen-bond acceptors (Lipinski definition) is 7. The maximum absolute atomic E-state index is 13.1. The Balaban J connectivity index is 2.23. The van der Waals surface area contributed by atoms with Gasteiger partial charge in [-0.1, -0.05) is 11.6 Å². The molecule has 26 heavy (non-hydrogen) atoms. The molecule has 0 saturated heterocycles. The van der Waals surface area contributed by atoms with E-state index in [0.717, 1.165) is 10.3 Å². The molecule has 0 saturated carbocycles. The number of halogens is 1. The van der Waals surface area contributed by atoms with Crippen LogP contribution < -0.4 is 9.47 Å². The van der Waals surface area contributed by atoms with Crippen LogP contribution in [0.3, 0.4) is 0 Å². The van der Waals surface area contributed by atoms with E-state index in [2.05, 4.69) is 4.98 Å². The number of non-ortho nitro benzene ring substituents is 1. The summed E-state index contributed by atoms with van der Waals surface area (Å²) in [5.74, 6) is 0.186. The van der Waals surface area contributed by atoms with Gasteiger partial charge in [-0.2, -0.15) is 0 Å². The van der Waals surface area contributed by atoms with Gasteiger partial charge in [0.1, 0.15) is 22.7 Å². The first kappa shape index (κ1) is 18.0. The summed E-state index contributed by atoms with van der Waals surface area (Å²) in [7, 11) is -1.46. The second kappa shape index (κ2) is 6.46. The van der Waals surface area contributed by atoms with E-state index in [1.807, 2.05) is 0 Å². The Morgan fingerprint density at radius 3 is 2.46 bits per heavy atom. The van der Waals surface area contributed by atoms with Crippen LogP contribution in [-0.4, -0.2) is 36.5 Å². The predicted molar refractivity (Wildman–Crippen MR) is 93.5 cm³/mol. The summed E-state index contributed by atoms with van der Waals surface area (Å²) in [5, 5.41) is 11.1. The summed E-state index contributed by atoms with van der Waals surface area (Å²) >= 11 is 6.01. The van der Waals surface area contributed by atoms with Gasteiger partial charge in [-0.3, -0.25) is 10.1 Å². The molecule has 1 aromatic heterocycles. The maximum atomic E-state index is 13.1. The van der Waals surface area contributed by atoms with E-state index in [4.69, 9.17) is 21.1 Å². The molecular weight excluding hydrogens is 386 g/mol. The molecule has 0 fully saturated rings. The second-order valence-corrected chi connectivity index (χ2v) is 7.30. The number of methoxy groups -OCH3 is 2. The molecule has 0 aliphatic rings. The minimum atomic E-state index is -4.13. The summed E-state index contributed by atoms with van der Waals surface area (Å²) in [6.07, 6.45) is 1.07. The quantitative estimate of drug-likeness (QED) is 0.480. The predicted octanol–water partition coefficient (Wildman–Crippen LogP) is 2.85. The van der Waals surface area contributed by atoms with E-state index in [0.29, 0.717) is 0 Å². The van der Waals surface area contributed by atoms with Crippen molar-refractivity contribution in [3.05, 3.63) is 51.8 Å². The van der Waals surface area contributed by atoms with Gasteiger partial charge in [-0.05, 0) is 6.07 Å². The first-order valence-corrected chi connectivity index (χ1v) is 8.90. The third-order valence-electron chi connectivity index (χ3n) is 3.68. The topological polar surface area (TPSA) is 114 Å². The molecule has 0 N–H and O–H groups in total. The monoisotopic (exact) mass is 397 g/mol. The van der Waals surface area contributed by atoms with E-state index in [1.54, 1.807) is 0 Å². The molecule has 2 aromatic carbocycles. The molecule has 0 spiro atoms. The Hall–Kier alpha value is -2.85. The van der Waals surface area contributed by atoms with Crippen LogP contribution in [0, 0.1) is 10.1 Å². The summed E-state index contributed by atoms with van der Waals surface area (Å²) in [4.78, 5) is 14.1. The molecule has 9 nitrogen and oxygen atoms in total. The first-order valence-electron chi connectivity index (χ1n) is 7.08. The molecule has 0 aliphatic heterocycles. The molecule has 136 valence electrons. The van der Waals surface area contributed by atoms with E-state index in [9.17, 15) is 18.5 Å². The lowest BCUT2D eigenvalue weighted by Gasteiger charge is -2.13. The van der Waals surface area contributed by atoms with Crippen LogP contribution in [0.2, 0.25) is 5.02 Å². The highest BCUT2D eigenvalue weighted by molar-refractivity contribution is 7.90. The van der Waals surface area contributed by atoms with Gasteiger partial charge < -0.3 is 9.47 Å². The maximum Gasteiger partial charge on any atom is 0.273 e. The fraction of sp³-hybridized carbons (Fsp3) is 0.133. The average molecular weight is 398 g/mol. The Bertz CT molecular complexity index is 1130. The van der Waals surface area contributed by atoms with Gasteiger partial charge in [0.05, 0.1) is 35.2 Å². The number of benzene rings is 2. The number of hydrogen-bond donors (Lipinski definition) is 0. The van der Waals surface area contributed by atoms with Crippen molar-refractivity contribution in [3.63, 3.8) is 0 Å². The van der Waals surface area contributed by atoms with E-state index >= 15 is 0 Å². The smallest absolute Gasteiger partial charge is 0.273 e. The average Bonchev–Trinajstić information content (AvgIpc) is 3.05. The molecule has 3 aromatic rings. The van der Waals surface area contributed by atoms with Crippen molar-refractivity contribution in [2.24, 2.45) is 0 Å². The normalized spacial score (nSPS) is 11.5. The molecular formula is C15H12ClN3O6S. The minimum absolute atomic E-state index is 0.0274. The van der Waals surface area contributed by atoms with Crippen LogP contribution >= 0.6 is 11.6 Å². The van der Waals surface area contributed by atoms with E-state index in [-0.39, 0.29) is 38.1 Å². The van der Waals surface area contributed by atoms with Gasteiger partial charge in [0.25, 0.3) is 15.7 Å². The third-order valence-corrected chi connectivity index (χ3v) is 5.66. The van der Waals surface area contributed by atoms with Gasteiger partial charge in [0.2, 0.25) is 0 Å². The van der Waals surface area contributed by atoms with E-state index < -0.39 is 14.9 Å². The Morgan fingerprint density at radius 2 is 1.85 bits per heavy atom. The molecule has 0 atom stereocenters. The van der Waals surface area contributed by atoms with Crippen molar-refractivity contribution < 1.29 is 22.8 Å². The molecule has 0 amide bonds. The number of nitrogens with zero attached hydrogens (tertiary/aromatic N) is 3. The van der Waals surface area contributed by atoms with Crippen LogP contribution in [0.15, 0.2) is 41.6 Å². The van der Waals surface area contributed by atoms with Crippen LogP contribution in [0.25, 0.3) is 11.0 Å². The molecule has 0 radical (unpaired) electrons. The molecule has 3 rings (SSSR count). The summed E-state index contributed by atoms with van der Waals surface area (Å²) in [6, 6.07) is 6.29. The van der Waals surface area contributed by atoms with Gasteiger partial charge in [-0.25, -0.2) is 17.4 Å². The number of ether oxygens (including phenoxy) is 2. The van der Waals surface area contributed by atoms with Crippen molar-refractivity contribution in [1.29, 1.82) is 0 Å². The van der Waals surface area contributed by atoms with Crippen molar-refractivity contribution >= 4 is 38.3 Å². The lowest BCUT2D eigenvalue weighted by Crippen LogP contribution is -2.13. The Kier molecular flexibility index (Phi) is 4.46. The SMILES string of the molecule is COc1cc(S(=O)(=O)n2cnc3cc([N+](=O)[O-])ccc32)c(OC)cc1Cl. The lowest BCUT2D eigenvalue weighted by molar-refractivity contribution is -0.384. The summed E-state index contributed by atoms with van der Waals surface area (Å²) in [6.45, 7) is 0. The highest BCUT2D eigenvalue weighted by Gasteiger charge is 2.26. The molecule has 1 heterocycles. The zero-order valence-corrected chi connectivity index (χ0v) is 15.1. The second-order valence-electron chi connectivity index (χ2n) is 5.11. The molecule has 0 bridgehead atoms. The fourth-order valence-electron chi connectivity index (χ4n) is 2.42. The van der Waals surface area contributed by atoms with Crippen molar-refractivity contribution in [1.82, 2.24) is 8.96 Å². The Morgan fingerprint density at radius 1 is 1.15 bits per heavy atom. The van der Waals surface area contributed by atoms with Gasteiger partial charge in [-0.15, -0.1) is 0 Å². The van der Waals surface area contributed by atoms with Crippen LogP contribution in [0.1, 0.15) is 0 Å². The Labute approximate surface area is 152 Å². The zero-order valence-electron chi connectivity index (χ0n) is 13.5. The number of imidazole rings is 1. The summed E-state index contributed by atoms with van der Waals surface area (Å²) in [5.41, 5.74) is 0.167. The molecule has 0 unspecified atom stereocenters. The lowest BCUT2D eigenvalue weighted by atomic mass is 10.3. The number of rotatable bonds is 5. The van der Waals surface area contributed by atoms with Gasteiger partial charge in [0, 0.05) is 24.3 Å². The molecule has 0 aliphatic carbocycles. The molecule has 11 heteroatoms. The van der Waals surface area contributed by atoms with Crippen LogP contribution in [0.4, 0.5) is 5.69 Å². The number of fused-ring (bicyclic) bond motifs is 1. The van der Waals surface area contributed by atoms with Crippen molar-refractivity contribution in [2.75, 3.05) is 14.2 Å². The third kappa shape index (κ3) is 2.82. The highest BCUT2D eigenvalue weighted by Crippen LogP contribution is 2.36. The standard InChI is InChI=1S/C15H12ClN3O6S/c1-24-13-7-15(14(25-2)6-10(13)16)26(22,23)18-8-17-11-5-9(19(20)21)3-4-12(11)18/h3-8H,1-2H3. The largest absolute Gasteiger partial charge is 0.495 e. The number of nitro benzene ring substituents is 1. The number of aromatic nitrogens is 2. The van der Waals surface area contributed by atoms with Gasteiger partial charge >= 0.3 is 0 Å². The minimum Gasteiger partial charge on any atom is -0.495 e. The van der Waals surface area contributed by atoms with E-state index in [1.165, 1.54) is 44.6 Å².